The summed E-state index contributed by atoms with van der Waals surface area (Å²) in [5.74, 6) is -1.79. The van der Waals surface area contributed by atoms with Crippen molar-refractivity contribution in [2.24, 2.45) is 5.41 Å². The molecule has 2 heterocycles. The lowest BCUT2D eigenvalue weighted by molar-refractivity contribution is -0.144. The Morgan fingerprint density at radius 2 is 1.74 bits per heavy atom. The van der Waals surface area contributed by atoms with Gasteiger partial charge in [0.05, 0.1) is 18.2 Å². The van der Waals surface area contributed by atoms with Crippen LogP contribution in [0.3, 0.4) is 0 Å². The molecular formula is C44H43F2N3O5. The lowest BCUT2D eigenvalue weighted by Gasteiger charge is -2.21. The lowest BCUT2D eigenvalue weighted by Crippen LogP contribution is -2.14. The number of esters is 1. The molecule has 54 heavy (non-hydrogen) atoms. The zero-order valence-electron chi connectivity index (χ0n) is 30.4. The van der Waals surface area contributed by atoms with E-state index >= 15 is 8.78 Å². The van der Waals surface area contributed by atoms with E-state index in [0.29, 0.717) is 35.0 Å². The van der Waals surface area contributed by atoms with Crippen LogP contribution in [0.4, 0.5) is 8.78 Å². The molecule has 1 unspecified atom stereocenters. The van der Waals surface area contributed by atoms with Gasteiger partial charge in [0.2, 0.25) is 0 Å². The molecule has 0 aliphatic rings. The molecule has 0 bridgehead atoms. The molecule has 0 saturated carbocycles. The number of aldehydes is 2. The fourth-order valence-corrected chi connectivity index (χ4v) is 6.59. The van der Waals surface area contributed by atoms with E-state index in [4.69, 9.17) is 14.6 Å². The monoisotopic (exact) mass is 731 g/mol. The number of aryl methyl sites for hydroxylation is 1. The summed E-state index contributed by atoms with van der Waals surface area (Å²) >= 11 is 0. The van der Waals surface area contributed by atoms with Gasteiger partial charge in [-0.15, -0.1) is 0 Å². The summed E-state index contributed by atoms with van der Waals surface area (Å²) < 4.78 is 44.6. The van der Waals surface area contributed by atoms with Gasteiger partial charge in [-0.25, -0.2) is 8.78 Å². The highest BCUT2D eigenvalue weighted by molar-refractivity contribution is 5.89. The summed E-state index contributed by atoms with van der Waals surface area (Å²) in [6.07, 6.45) is 9.27. The largest absolute Gasteiger partial charge is 0.461 e. The highest BCUT2D eigenvalue weighted by Gasteiger charge is 2.23. The summed E-state index contributed by atoms with van der Waals surface area (Å²) in [6.45, 7) is 3.92. The van der Waals surface area contributed by atoms with Crippen LogP contribution in [-0.2, 0) is 38.6 Å². The first-order valence-electron chi connectivity index (χ1n) is 18.1. The zero-order valence-corrected chi connectivity index (χ0v) is 30.4. The van der Waals surface area contributed by atoms with Gasteiger partial charge in [-0.2, -0.15) is 5.10 Å². The molecule has 0 spiro atoms. The number of ether oxygens (including phenoxy) is 2. The number of aromatic nitrogens is 3. The molecule has 2 aromatic heterocycles. The number of hydrogen-bond donors (Lipinski definition) is 1. The smallest absolute Gasteiger partial charge is 0.310 e. The van der Waals surface area contributed by atoms with E-state index in [-0.39, 0.29) is 36.1 Å². The Balaban J connectivity index is 1.26. The molecule has 0 aliphatic carbocycles. The second-order valence-corrected chi connectivity index (χ2v) is 14.2. The number of unbranched alkanes of at least 4 members (excludes halogenated alkanes) is 1. The molecule has 6 aromatic rings. The predicted octanol–water partition coefficient (Wildman–Crippen LogP) is 9.89. The highest BCUT2D eigenvalue weighted by atomic mass is 19.1. The number of fused-ring (bicyclic) bond motifs is 1. The number of halogens is 2. The molecule has 0 radical (unpaired) electrons. The summed E-state index contributed by atoms with van der Waals surface area (Å²) in [6, 6.07) is 26.0. The minimum atomic E-state index is -0.694. The Labute approximate surface area is 313 Å². The standard InChI is InChI=1S/C44H43F2N3O5/c1-44(2,29-51)20-7-6-15-41(32-14-8-12-30(24-32)13-9-23-50)49-22-19-39(48-49)36-25-33(16-17-37(36)45)54-43-35(34-18-21-47-40(34)27-38(43)46)26-42(52)53-28-31-10-4-3-5-11-31/h3-5,8,10-12,14,16-19,21-25,27,29,41,47H,6-7,9,13,15,20,26,28H2,1-2H3. The first-order chi connectivity index (χ1) is 26.1. The second-order valence-electron chi connectivity index (χ2n) is 14.2. The van der Waals surface area contributed by atoms with Gasteiger partial charge in [0.15, 0.2) is 11.6 Å². The van der Waals surface area contributed by atoms with Crippen molar-refractivity contribution >= 4 is 29.4 Å². The molecule has 4 aromatic carbocycles. The summed E-state index contributed by atoms with van der Waals surface area (Å²) in [7, 11) is 0. The minimum Gasteiger partial charge on any atom is -0.461 e. The van der Waals surface area contributed by atoms with Crippen LogP contribution in [0.1, 0.15) is 74.2 Å². The third-order valence-electron chi connectivity index (χ3n) is 9.55. The average Bonchev–Trinajstić information content (AvgIpc) is 3.86. The number of benzene rings is 4. The maximum Gasteiger partial charge on any atom is 0.310 e. The van der Waals surface area contributed by atoms with Crippen LogP contribution in [0.5, 0.6) is 11.5 Å². The molecule has 6 rings (SSSR count). The van der Waals surface area contributed by atoms with Crippen molar-refractivity contribution in [1.29, 1.82) is 0 Å². The topological polar surface area (TPSA) is 103 Å². The predicted molar refractivity (Wildman–Crippen MR) is 203 cm³/mol. The molecule has 0 fully saturated rings. The fourth-order valence-electron chi connectivity index (χ4n) is 6.59. The van der Waals surface area contributed by atoms with Crippen LogP contribution in [0.2, 0.25) is 0 Å². The highest BCUT2D eigenvalue weighted by Crippen LogP contribution is 2.37. The Morgan fingerprint density at radius 1 is 0.926 bits per heavy atom. The van der Waals surface area contributed by atoms with E-state index in [9.17, 15) is 14.4 Å². The molecule has 1 N–H and O–H groups in total. The first-order valence-corrected chi connectivity index (χ1v) is 18.1. The van der Waals surface area contributed by atoms with Gasteiger partial charge >= 0.3 is 5.97 Å². The molecule has 1 atom stereocenters. The quantitative estimate of drug-likeness (QED) is 0.0536. The maximum atomic E-state index is 15.7. The van der Waals surface area contributed by atoms with E-state index in [1.165, 1.54) is 24.3 Å². The van der Waals surface area contributed by atoms with Crippen molar-refractivity contribution in [2.75, 3.05) is 0 Å². The number of rotatable bonds is 18. The Kier molecular flexibility index (Phi) is 12.1. The van der Waals surface area contributed by atoms with E-state index < -0.39 is 23.0 Å². The van der Waals surface area contributed by atoms with Gasteiger partial charge in [-0.05, 0) is 66.3 Å². The van der Waals surface area contributed by atoms with Crippen molar-refractivity contribution in [1.82, 2.24) is 14.8 Å². The molecular weight excluding hydrogens is 688 g/mol. The molecule has 8 nitrogen and oxygen atoms in total. The van der Waals surface area contributed by atoms with Gasteiger partial charge in [-0.1, -0.05) is 81.3 Å². The summed E-state index contributed by atoms with van der Waals surface area (Å²) in [4.78, 5) is 38.5. The minimum absolute atomic E-state index is 0.0697. The van der Waals surface area contributed by atoms with E-state index in [1.807, 2.05) is 67.1 Å². The van der Waals surface area contributed by atoms with Gasteiger partial charge in [0.1, 0.15) is 30.7 Å². The Hall–Kier alpha value is -5.90. The molecule has 278 valence electrons. The van der Waals surface area contributed by atoms with Crippen LogP contribution < -0.4 is 4.74 Å². The third-order valence-corrected chi connectivity index (χ3v) is 9.55. The zero-order chi connectivity index (χ0) is 38.1. The maximum absolute atomic E-state index is 15.7. The third kappa shape index (κ3) is 9.36. The van der Waals surface area contributed by atoms with Crippen molar-refractivity contribution in [3.8, 4) is 22.8 Å². The van der Waals surface area contributed by atoms with E-state index in [2.05, 4.69) is 11.1 Å². The number of carbonyl (C=O) groups is 3. The summed E-state index contributed by atoms with van der Waals surface area (Å²) in [5, 5.41) is 5.42. The number of H-pyrrole nitrogens is 1. The fraction of sp³-hybridized carbons (Fsp3) is 0.273. The van der Waals surface area contributed by atoms with Crippen LogP contribution >= 0.6 is 0 Å². The van der Waals surface area contributed by atoms with Crippen LogP contribution in [0.25, 0.3) is 22.2 Å². The van der Waals surface area contributed by atoms with Gasteiger partial charge in [-0.3, -0.25) is 9.48 Å². The number of nitrogens with zero attached hydrogens (tertiary/aromatic N) is 2. The Morgan fingerprint density at radius 3 is 2.54 bits per heavy atom. The lowest BCUT2D eigenvalue weighted by atomic mass is 9.88. The second kappa shape index (κ2) is 17.3. The normalized spacial score (nSPS) is 12.1. The van der Waals surface area contributed by atoms with Crippen molar-refractivity contribution in [3.05, 3.63) is 137 Å². The molecule has 0 amide bonds. The van der Waals surface area contributed by atoms with Crippen molar-refractivity contribution < 1.29 is 32.6 Å². The number of nitrogens with one attached hydrogen (secondary N) is 1. The van der Waals surface area contributed by atoms with Crippen LogP contribution in [-0.4, -0.2) is 33.3 Å². The van der Waals surface area contributed by atoms with Gasteiger partial charge < -0.3 is 24.0 Å². The molecule has 10 heteroatoms. The SMILES string of the molecule is CC(C)(C=O)CCCCC(c1cccc(CCC=O)c1)n1ccc(-c2cc(Oc3c(F)cc4[nH]ccc4c3CC(=O)OCc3ccccc3)ccc2F)n1. The van der Waals surface area contributed by atoms with Crippen LogP contribution in [0, 0.1) is 17.0 Å². The first kappa shape index (κ1) is 37.8. The van der Waals surface area contributed by atoms with Crippen molar-refractivity contribution in [3.63, 3.8) is 0 Å². The number of aromatic amines is 1. The molecule has 0 aliphatic heterocycles. The van der Waals surface area contributed by atoms with Gasteiger partial charge in [0, 0.05) is 52.3 Å². The Bertz CT molecular complexity index is 2230. The average molecular weight is 732 g/mol. The van der Waals surface area contributed by atoms with Gasteiger partial charge in [0.25, 0.3) is 0 Å². The summed E-state index contributed by atoms with van der Waals surface area (Å²) in [5.41, 5.74) is 3.76. The van der Waals surface area contributed by atoms with Crippen LogP contribution in [0.15, 0.2) is 103 Å². The van der Waals surface area contributed by atoms with E-state index in [0.717, 1.165) is 54.9 Å². The van der Waals surface area contributed by atoms with E-state index in [1.54, 1.807) is 24.5 Å². The number of carbonyl (C=O) groups excluding carboxylic acids is 3. The number of hydrogen-bond acceptors (Lipinski definition) is 6. The molecule has 0 saturated heterocycles. The van der Waals surface area contributed by atoms with Crippen molar-refractivity contribution in [2.45, 2.75) is 71.4 Å².